The Labute approximate surface area is 709 Å². The van der Waals surface area contributed by atoms with Crippen LogP contribution in [0, 0.1) is 102 Å². The Morgan fingerprint density at radius 3 is 0.992 bits per heavy atom. The summed E-state index contributed by atoms with van der Waals surface area (Å²) < 4.78 is 0. The number of benzene rings is 9. The molecular formula is C100H119N15O2S. The number of anilines is 4. The van der Waals surface area contributed by atoms with Crippen molar-refractivity contribution >= 4 is 91.4 Å². The Balaban J connectivity index is -0.00000141. The number of nitriles is 6. The third-order valence-electron chi connectivity index (χ3n) is 15.1. The minimum Gasteiger partial charge on any atom is -0.378 e. The van der Waals surface area contributed by atoms with Gasteiger partial charge < -0.3 is 19.6 Å². The van der Waals surface area contributed by atoms with Crippen LogP contribution in [-0.2, 0) is 0 Å². The van der Waals surface area contributed by atoms with Gasteiger partial charge in [0.05, 0.1) is 52.7 Å². The average Bonchev–Trinajstić information content (AvgIpc) is 1.23. The zero-order chi connectivity index (χ0) is 90.1. The molecule has 18 heteroatoms. The van der Waals surface area contributed by atoms with E-state index >= 15 is 0 Å². The fraction of sp³-hybridized carbons (Fsp3) is 0.260. The van der Waals surface area contributed by atoms with Crippen molar-refractivity contribution in [2.75, 3.05) is 76.0 Å². The van der Waals surface area contributed by atoms with E-state index in [0.717, 1.165) is 81.3 Å². The van der Waals surface area contributed by atoms with Gasteiger partial charge in [0.15, 0.2) is 0 Å². The highest BCUT2D eigenvalue weighted by Crippen LogP contribution is 2.33. The number of hydrogen-bond acceptors (Lipinski definition) is 15. The summed E-state index contributed by atoms with van der Waals surface area (Å²) in [6, 6.07) is 85.6. The van der Waals surface area contributed by atoms with E-state index in [2.05, 4.69) is 73.4 Å². The van der Waals surface area contributed by atoms with E-state index < -0.39 is 4.92 Å². The fourth-order valence-electron chi connectivity index (χ4n) is 9.56. The first-order chi connectivity index (χ1) is 57.3. The maximum absolute atomic E-state index is 10.5. The van der Waals surface area contributed by atoms with Gasteiger partial charge in [-0.05, 0) is 145 Å². The van der Waals surface area contributed by atoms with E-state index in [1.807, 2.05) is 372 Å². The number of allylic oxidation sites excluding steroid dienone is 1. The number of nitrogens with zero attached hydrogens (tertiary/aromatic N) is 15. The van der Waals surface area contributed by atoms with Crippen molar-refractivity contribution in [3.05, 3.63) is 338 Å². The summed E-state index contributed by atoms with van der Waals surface area (Å²) in [5.41, 5.74) is 11.6. The molecule has 0 aliphatic carbocycles. The molecule has 0 atom stereocenters. The monoisotopic (exact) mass is 1590 g/mol. The molecule has 0 spiro atoms. The van der Waals surface area contributed by atoms with Gasteiger partial charge in [-0.2, -0.15) is 31.3 Å². The number of nitro groups is 1. The number of non-ortho nitro benzene ring substituents is 1. The zero-order valence-electron chi connectivity index (χ0n) is 74.1. The van der Waals surface area contributed by atoms with E-state index in [4.69, 9.17) is 23.7 Å². The van der Waals surface area contributed by atoms with Crippen LogP contribution >= 0.6 is 11.3 Å². The predicted molar refractivity (Wildman–Crippen MR) is 502 cm³/mol. The molecule has 0 saturated heterocycles. The lowest BCUT2D eigenvalue weighted by Gasteiger charge is -2.12. The normalized spacial score (nSPS) is 8.86. The number of nitro benzene ring substituents is 1. The fourth-order valence-corrected chi connectivity index (χ4v) is 10.5. The van der Waals surface area contributed by atoms with Crippen molar-refractivity contribution in [3.8, 4) is 36.4 Å². The van der Waals surface area contributed by atoms with Crippen molar-refractivity contribution in [1.82, 2.24) is 0 Å². The summed E-state index contributed by atoms with van der Waals surface area (Å²) in [5.74, 6) is 0. The molecule has 10 aromatic rings. The molecule has 0 amide bonds. The minimum atomic E-state index is -0.444. The second-order valence-corrected chi connectivity index (χ2v) is 23.6. The third-order valence-corrected chi connectivity index (χ3v) is 16.2. The van der Waals surface area contributed by atoms with Crippen LogP contribution in [0.3, 0.4) is 0 Å². The van der Waals surface area contributed by atoms with E-state index in [0.29, 0.717) is 32.8 Å². The number of rotatable bonds is 13. The van der Waals surface area contributed by atoms with Gasteiger partial charge in [-0.25, -0.2) is 20.2 Å². The largest absolute Gasteiger partial charge is 0.378 e. The molecule has 1 heterocycles. The topological polar surface area (TPSA) is 232 Å². The smallest absolute Gasteiger partial charge is 0.269 e. The molecule has 17 nitrogen and oxygen atoms in total. The lowest BCUT2D eigenvalue weighted by atomic mass is 9.99. The Morgan fingerprint density at radius 1 is 0.364 bits per heavy atom. The van der Waals surface area contributed by atoms with Gasteiger partial charge in [-0.1, -0.05) is 270 Å². The molecule has 0 saturated carbocycles. The highest BCUT2D eigenvalue weighted by molar-refractivity contribution is 7.14. The molecular weight excluding hydrogens is 1480 g/mol. The highest BCUT2D eigenvalue weighted by Gasteiger charge is 2.15. The van der Waals surface area contributed by atoms with Gasteiger partial charge in [0.25, 0.3) is 17.1 Å². The van der Waals surface area contributed by atoms with Crippen molar-refractivity contribution in [1.29, 1.82) is 31.6 Å². The van der Waals surface area contributed by atoms with Crippen molar-refractivity contribution < 1.29 is 4.92 Å². The first-order valence-electron chi connectivity index (χ1n) is 39.7. The Bertz CT molecular complexity index is 5300. The lowest BCUT2D eigenvalue weighted by molar-refractivity contribution is -0.384. The van der Waals surface area contributed by atoms with Gasteiger partial charge in [-0.3, -0.25) is 10.1 Å². The van der Waals surface area contributed by atoms with Crippen LogP contribution in [-0.4, -0.2) is 61.3 Å². The van der Waals surface area contributed by atoms with E-state index in [-0.39, 0.29) is 22.7 Å². The van der Waals surface area contributed by atoms with Crippen molar-refractivity contribution in [2.24, 2.45) is 10.2 Å². The van der Waals surface area contributed by atoms with E-state index in [9.17, 15) is 31.2 Å². The van der Waals surface area contributed by atoms with Crippen LogP contribution in [0.1, 0.15) is 157 Å². The molecule has 1 aromatic heterocycles. The van der Waals surface area contributed by atoms with Gasteiger partial charge in [0.2, 0.25) is 0 Å². The Kier molecular flexibility index (Phi) is 59.6. The molecule has 9 aromatic carbocycles. The maximum atomic E-state index is 10.5. The molecule has 0 radical (unpaired) electrons. The maximum Gasteiger partial charge on any atom is 0.269 e. The van der Waals surface area contributed by atoms with Gasteiger partial charge in [-0.15, -0.1) is 11.3 Å². The van der Waals surface area contributed by atoms with E-state index in [1.54, 1.807) is 59.9 Å². The van der Waals surface area contributed by atoms with Gasteiger partial charge >= 0.3 is 0 Å². The van der Waals surface area contributed by atoms with Gasteiger partial charge in [0, 0.05) is 107 Å². The molecule has 0 N–H and O–H groups in total. The summed E-state index contributed by atoms with van der Waals surface area (Å²) in [6.07, 6.45) is 4.12. The number of hydrogen-bond donors (Lipinski definition) is 0. The molecule has 0 aliphatic rings. The summed E-state index contributed by atoms with van der Waals surface area (Å²) >= 11 is 1.57. The molecule has 0 aliphatic heterocycles. The van der Waals surface area contributed by atoms with Crippen LogP contribution in [0.15, 0.2) is 252 Å². The summed E-state index contributed by atoms with van der Waals surface area (Å²) in [4.78, 5) is 26.6. The summed E-state index contributed by atoms with van der Waals surface area (Å²) in [5, 5.41) is 79.2. The van der Waals surface area contributed by atoms with Crippen LogP contribution in [0.4, 0.5) is 39.8 Å². The van der Waals surface area contributed by atoms with Crippen molar-refractivity contribution in [2.45, 2.75) is 125 Å². The standard InChI is InChI=1S/C25H18N4.C24H19N3S.C19H14N4.C14H14N4O2.9C2H6/c1-28-25(17-27)22-10-6-19(7-11-22)18-4-8-20(9-5-18)24(16-26)21-12-14-23(15-13-21)29(2)3;1-27(2)21-11-8-18(9-12-21)10-13-22-14-15-23(28-22)24(20(16-25)17-26)19-6-4-3-5-7-19;1-22-19(13-21)16-6-4-14(5-7-16)18(12-20)15-8-10-17(11-9-15)23(2)3;1-17(2)13-7-3-11(4-8-13)15-16-12-5-9-14(10-6-12)18(19)20;9*1-2/h4-15H,2-3H3;3-15H,1-2H3;4-11H,2-3H3;3-10H,1-2H3;9*1-2H3/b;13-10+;;;;;;;;;;;. The summed E-state index contributed by atoms with van der Waals surface area (Å²) in [7, 11) is 15.9. The van der Waals surface area contributed by atoms with Crippen molar-refractivity contribution in [3.63, 3.8) is 0 Å². The van der Waals surface area contributed by atoms with Crippen LogP contribution in [0.2, 0.25) is 0 Å². The number of azo groups is 1. The zero-order valence-corrected chi connectivity index (χ0v) is 74.9. The molecule has 0 bridgehead atoms. The second-order valence-electron chi connectivity index (χ2n) is 22.5. The number of thiophene rings is 1. The first kappa shape index (κ1) is 108. The molecule has 612 valence electrons. The minimum absolute atomic E-state index is 0.0410. The van der Waals surface area contributed by atoms with E-state index in [1.165, 1.54) is 12.1 Å². The van der Waals surface area contributed by atoms with Gasteiger partial charge in [0.1, 0.15) is 29.8 Å². The SMILES string of the molecule is CC.CC.CC.CC.CC.CC.CC.CC.CC.CN(C)c1ccc(/C=C/c2ccc(C(=C(C#N)C#N)c3ccccc3)s2)cc1.CN(C)c1ccc(N=Nc2ccc([N+](=O)[O-])cc2)cc1.[C-]#[N+]C(C#N)=c1ccc(=C(C#N)c2ccc(N(C)C)cc2)cc1.[C-]#[N+]C(C#N)=c1ccc(=c2ccc(=C(C#N)c3ccc(N(C)C)cc3)cc2)cc1. The molecule has 118 heavy (non-hydrogen) atoms. The second kappa shape index (κ2) is 65.2. The lowest BCUT2D eigenvalue weighted by Crippen LogP contribution is -2.12. The van der Waals surface area contributed by atoms with Crippen LogP contribution in [0.5, 0.6) is 0 Å². The summed E-state index contributed by atoms with van der Waals surface area (Å²) in [6.45, 7) is 50.0. The Morgan fingerprint density at radius 2 is 0.678 bits per heavy atom. The van der Waals surface area contributed by atoms with Crippen LogP contribution in [0.25, 0.3) is 50.0 Å². The molecule has 10 rings (SSSR count). The predicted octanol–water partition coefficient (Wildman–Crippen LogP) is 24.5. The quantitative estimate of drug-likeness (QED) is 0.0345. The Hall–Kier alpha value is -14.2. The average molecular weight is 1600 g/mol. The highest BCUT2D eigenvalue weighted by atomic mass is 32.1. The van der Waals surface area contributed by atoms with Crippen LogP contribution < -0.4 is 40.5 Å². The third kappa shape index (κ3) is 36.3. The molecule has 0 unspecified atom stereocenters. The molecule has 0 fully saturated rings. The first-order valence-corrected chi connectivity index (χ1v) is 40.5.